The van der Waals surface area contributed by atoms with E-state index in [1.165, 1.54) is 5.56 Å². The molecule has 1 aromatic rings. The summed E-state index contributed by atoms with van der Waals surface area (Å²) in [5.41, 5.74) is 2.53. The highest BCUT2D eigenvalue weighted by atomic mass is 14.3. The van der Waals surface area contributed by atoms with Crippen molar-refractivity contribution in [3.8, 4) is 0 Å². The van der Waals surface area contributed by atoms with Gasteiger partial charge in [0.1, 0.15) is 0 Å². The Morgan fingerprint density at radius 3 is 2.00 bits per heavy atom. The molecule has 1 aromatic carbocycles. The predicted molar refractivity (Wildman–Crippen MR) is 68.9 cm³/mol. The molecule has 0 saturated carbocycles. The van der Waals surface area contributed by atoms with Crippen LogP contribution in [0.3, 0.4) is 0 Å². The van der Waals surface area contributed by atoms with Gasteiger partial charge in [-0.2, -0.15) is 0 Å². The average molecular weight is 200 g/mol. The number of hydrogen-bond donors (Lipinski definition) is 0. The van der Waals surface area contributed by atoms with Gasteiger partial charge in [0.2, 0.25) is 0 Å². The molecule has 0 heteroatoms. The second kappa shape index (κ2) is 4.48. The normalized spacial score (nSPS) is 14.7. The molecule has 0 N–H and O–H groups in total. The number of benzene rings is 1. The number of rotatable bonds is 4. The van der Waals surface area contributed by atoms with Gasteiger partial charge in [-0.25, -0.2) is 0 Å². The van der Waals surface area contributed by atoms with Crippen molar-refractivity contribution in [2.24, 2.45) is 5.92 Å². The highest BCUT2D eigenvalue weighted by molar-refractivity contribution is 5.48. The van der Waals surface area contributed by atoms with Crippen molar-refractivity contribution in [2.45, 2.75) is 26.2 Å². The van der Waals surface area contributed by atoms with Gasteiger partial charge >= 0.3 is 0 Å². The molecule has 0 aliphatic rings. The second-order valence-corrected chi connectivity index (χ2v) is 4.47. The molecule has 1 unspecified atom stereocenters. The Kier molecular flexibility index (Phi) is 3.52. The molecule has 1 atom stereocenters. The summed E-state index contributed by atoms with van der Waals surface area (Å²) < 4.78 is 0. The van der Waals surface area contributed by atoms with Gasteiger partial charge in [-0.1, -0.05) is 63.8 Å². The van der Waals surface area contributed by atoms with Crippen LogP contribution >= 0.6 is 0 Å². The van der Waals surface area contributed by atoms with E-state index in [0.717, 1.165) is 5.56 Å². The number of hydrogen-bond acceptors (Lipinski definition) is 0. The van der Waals surface area contributed by atoms with E-state index in [0.29, 0.717) is 5.92 Å². The van der Waals surface area contributed by atoms with E-state index >= 15 is 0 Å². The molecule has 0 amide bonds. The molecule has 0 heterocycles. The van der Waals surface area contributed by atoms with Crippen LogP contribution in [0.5, 0.6) is 0 Å². The summed E-state index contributed by atoms with van der Waals surface area (Å²) in [6.45, 7) is 14.4. The van der Waals surface area contributed by atoms with Crippen molar-refractivity contribution in [3.63, 3.8) is 0 Å². The van der Waals surface area contributed by atoms with Gasteiger partial charge < -0.3 is 0 Å². The maximum absolute atomic E-state index is 3.95. The van der Waals surface area contributed by atoms with Crippen molar-refractivity contribution in [3.05, 3.63) is 54.6 Å². The van der Waals surface area contributed by atoms with Crippen LogP contribution in [0.25, 0.3) is 6.08 Å². The van der Waals surface area contributed by atoms with Crippen LogP contribution in [0, 0.1) is 5.92 Å². The molecule has 80 valence electrons. The Morgan fingerprint density at radius 1 is 1.13 bits per heavy atom. The molecule has 0 fully saturated rings. The van der Waals surface area contributed by atoms with Crippen LogP contribution in [-0.2, 0) is 5.41 Å². The molecule has 15 heavy (non-hydrogen) atoms. The van der Waals surface area contributed by atoms with Gasteiger partial charge in [-0.05, 0) is 17.0 Å². The molecule has 0 bridgehead atoms. The second-order valence-electron chi connectivity index (χ2n) is 4.47. The maximum atomic E-state index is 3.95. The molecule has 0 saturated heterocycles. The maximum Gasteiger partial charge on any atom is 0.0124 e. The zero-order valence-electron chi connectivity index (χ0n) is 9.96. The molecule has 0 aliphatic heterocycles. The molecule has 1 rings (SSSR count). The lowest BCUT2D eigenvalue weighted by Crippen LogP contribution is -2.25. The molecule has 0 spiro atoms. The fourth-order valence-corrected chi connectivity index (χ4v) is 1.67. The molecule has 0 nitrogen and oxygen atoms in total. The summed E-state index contributed by atoms with van der Waals surface area (Å²) in [5, 5.41) is 0. The van der Waals surface area contributed by atoms with Gasteiger partial charge in [0.25, 0.3) is 0 Å². The van der Waals surface area contributed by atoms with Gasteiger partial charge in [-0.3, -0.25) is 0 Å². The standard InChI is InChI=1S/C15H20/c1-6-13-8-10-14(11-9-13)15(5,7-2)12(3)4/h6-12H,1-2H2,3-5H3. The van der Waals surface area contributed by atoms with E-state index < -0.39 is 0 Å². The zero-order valence-corrected chi connectivity index (χ0v) is 9.96. The van der Waals surface area contributed by atoms with Crippen LogP contribution in [0.4, 0.5) is 0 Å². The lowest BCUT2D eigenvalue weighted by atomic mass is 9.73. The summed E-state index contributed by atoms with van der Waals surface area (Å²) in [7, 11) is 0. The minimum absolute atomic E-state index is 0.0553. The summed E-state index contributed by atoms with van der Waals surface area (Å²) in [4.78, 5) is 0. The van der Waals surface area contributed by atoms with E-state index in [1.54, 1.807) is 0 Å². The minimum Gasteiger partial charge on any atom is -0.102 e. The Bertz CT molecular complexity index is 343. The molecule has 0 radical (unpaired) electrons. The van der Waals surface area contributed by atoms with Gasteiger partial charge in [0.15, 0.2) is 0 Å². The molecule has 0 aromatic heterocycles. The van der Waals surface area contributed by atoms with Crippen LogP contribution in [0.2, 0.25) is 0 Å². The van der Waals surface area contributed by atoms with Crippen LogP contribution < -0.4 is 0 Å². The van der Waals surface area contributed by atoms with E-state index in [1.807, 2.05) is 12.2 Å². The molecular formula is C15H20. The van der Waals surface area contributed by atoms with E-state index in [2.05, 4.69) is 58.2 Å². The topological polar surface area (TPSA) is 0 Å². The number of allylic oxidation sites excluding steroid dienone is 1. The third-order valence-electron chi connectivity index (χ3n) is 3.39. The van der Waals surface area contributed by atoms with Crippen molar-refractivity contribution in [1.82, 2.24) is 0 Å². The first-order valence-corrected chi connectivity index (χ1v) is 5.41. The van der Waals surface area contributed by atoms with Crippen LogP contribution in [0.15, 0.2) is 43.5 Å². The summed E-state index contributed by atoms with van der Waals surface area (Å²) in [6.07, 6.45) is 3.91. The fraction of sp³-hybridized carbons (Fsp3) is 0.333. The minimum atomic E-state index is 0.0553. The van der Waals surface area contributed by atoms with E-state index in [-0.39, 0.29) is 5.41 Å². The smallest absolute Gasteiger partial charge is 0.0124 e. The van der Waals surface area contributed by atoms with Crippen LogP contribution in [0.1, 0.15) is 31.9 Å². The van der Waals surface area contributed by atoms with Crippen molar-refractivity contribution >= 4 is 6.08 Å². The quantitative estimate of drug-likeness (QED) is 0.631. The predicted octanol–water partition coefficient (Wildman–Crippen LogP) is 4.43. The van der Waals surface area contributed by atoms with Crippen molar-refractivity contribution in [1.29, 1.82) is 0 Å². The van der Waals surface area contributed by atoms with Crippen LogP contribution in [-0.4, -0.2) is 0 Å². The monoisotopic (exact) mass is 200 g/mol. The van der Waals surface area contributed by atoms with E-state index in [4.69, 9.17) is 0 Å². The van der Waals surface area contributed by atoms with Gasteiger partial charge in [0, 0.05) is 5.41 Å². The first kappa shape index (κ1) is 11.8. The Balaban J connectivity index is 3.13. The van der Waals surface area contributed by atoms with Crippen molar-refractivity contribution in [2.75, 3.05) is 0 Å². The first-order chi connectivity index (χ1) is 7.04. The largest absolute Gasteiger partial charge is 0.102 e. The highest BCUT2D eigenvalue weighted by Gasteiger charge is 2.26. The lowest BCUT2D eigenvalue weighted by Gasteiger charge is -2.31. The SMILES string of the molecule is C=Cc1ccc(C(C)(C=C)C(C)C)cc1. The third-order valence-corrected chi connectivity index (χ3v) is 3.39. The average Bonchev–Trinajstić information content (AvgIpc) is 2.28. The molecular weight excluding hydrogens is 180 g/mol. The van der Waals surface area contributed by atoms with Gasteiger partial charge in [0.05, 0.1) is 0 Å². The summed E-state index contributed by atoms with van der Waals surface area (Å²) >= 11 is 0. The van der Waals surface area contributed by atoms with Crippen molar-refractivity contribution < 1.29 is 0 Å². The molecule has 0 aliphatic carbocycles. The Labute approximate surface area is 93.3 Å². The Hall–Kier alpha value is -1.30. The Morgan fingerprint density at radius 2 is 1.67 bits per heavy atom. The fourth-order valence-electron chi connectivity index (χ4n) is 1.67. The van der Waals surface area contributed by atoms with Gasteiger partial charge in [-0.15, -0.1) is 6.58 Å². The summed E-state index contributed by atoms with van der Waals surface area (Å²) in [5.74, 6) is 0.546. The summed E-state index contributed by atoms with van der Waals surface area (Å²) in [6, 6.07) is 8.54. The zero-order chi connectivity index (χ0) is 11.5. The van der Waals surface area contributed by atoms with E-state index in [9.17, 15) is 0 Å². The first-order valence-electron chi connectivity index (χ1n) is 5.41. The third kappa shape index (κ3) is 2.20. The lowest BCUT2D eigenvalue weighted by molar-refractivity contribution is 0.421. The highest BCUT2D eigenvalue weighted by Crippen LogP contribution is 2.33.